The number of hydrogen-bond acceptors (Lipinski definition) is 3. The fourth-order valence-corrected chi connectivity index (χ4v) is 2.33. The number of nitriles is 1. The number of halogens is 1. The van der Waals surface area contributed by atoms with Gasteiger partial charge < -0.3 is 5.32 Å². The van der Waals surface area contributed by atoms with Gasteiger partial charge >= 0.3 is 6.03 Å². The second kappa shape index (κ2) is 6.34. The van der Waals surface area contributed by atoms with Gasteiger partial charge in [0.25, 0.3) is 5.91 Å². The van der Waals surface area contributed by atoms with Crippen LogP contribution in [0.25, 0.3) is 6.08 Å². The van der Waals surface area contributed by atoms with Crippen molar-refractivity contribution < 1.29 is 14.0 Å². The van der Waals surface area contributed by atoms with E-state index in [1.54, 1.807) is 36.4 Å². The molecule has 3 amide bonds. The molecule has 0 spiro atoms. The lowest BCUT2D eigenvalue weighted by atomic mass is 10.1. The molecule has 0 unspecified atom stereocenters. The first kappa shape index (κ1) is 15.4. The standard InChI is InChI=1S/C18H12FN3O2/c19-15-4-2-1-3-14(15)11-22-17(23)16(21-18(22)24)9-12-5-7-13(10-20)8-6-12/h1-9H,11H2,(H,21,24)/b16-9-. The van der Waals surface area contributed by atoms with E-state index in [1.165, 1.54) is 18.2 Å². The number of amides is 3. The Hall–Kier alpha value is -3.46. The minimum atomic E-state index is -0.594. The summed E-state index contributed by atoms with van der Waals surface area (Å²) in [5, 5.41) is 11.3. The molecule has 0 aromatic heterocycles. The highest BCUT2D eigenvalue weighted by atomic mass is 19.1. The molecule has 1 aliphatic rings. The van der Waals surface area contributed by atoms with Crippen molar-refractivity contribution in [1.29, 1.82) is 5.26 Å². The maximum atomic E-state index is 13.7. The molecule has 0 saturated carbocycles. The van der Waals surface area contributed by atoms with E-state index in [1.807, 2.05) is 6.07 Å². The average Bonchev–Trinajstić information content (AvgIpc) is 2.85. The Morgan fingerprint density at radius 3 is 2.50 bits per heavy atom. The van der Waals surface area contributed by atoms with Gasteiger partial charge in [-0.15, -0.1) is 0 Å². The molecule has 0 bridgehead atoms. The van der Waals surface area contributed by atoms with Crippen molar-refractivity contribution in [2.75, 3.05) is 0 Å². The molecule has 6 heteroatoms. The van der Waals surface area contributed by atoms with Gasteiger partial charge in [-0.05, 0) is 29.8 Å². The molecular weight excluding hydrogens is 309 g/mol. The van der Waals surface area contributed by atoms with Crippen molar-refractivity contribution in [3.05, 3.63) is 76.7 Å². The Kier molecular flexibility index (Phi) is 4.08. The highest BCUT2D eigenvalue weighted by Crippen LogP contribution is 2.18. The van der Waals surface area contributed by atoms with Gasteiger partial charge in [0.1, 0.15) is 11.5 Å². The lowest BCUT2D eigenvalue weighted by Gasteiger charge is -2.12. The summed E-state index contributed by atoms with van der Waals surface area (Å²) < 4.78 is 13.7. The van der Waals surface area contributed by atoms with E-state index in [4.69, 9.17) is 5.26 Å². The van der Waals surface area contributed by atoms with Crippen LogP contribution in [0.15, 0.2) is 54.2 Å². The first-order chi connectivity index (χ1) is 11.6. The van der Waals surface area contributed by atoms with Crippen molar-refractivity contribution >= 4 is 18.0 Å². The van der Waals surface area contributed by atoms with Crippen LogP contribution in [0, 0.1) is 17.1 Å². The van der Waals surface area contributed by atoms with E-state index in [2.05, 4.69) is 5.32 Å². The smallest absolute Gasteiger partial charge is 0.303 e. The van der Waals surface area contributed by atoms with Gasteiger partial charge in [0.05, 0.1) is 18.2 Å². The van der Waals surface area contributed by atoms with Crippen LogP contribution in [0.2, 0.25) is 0 Å². The summed E-state index contributed by atoms with van der Waals surface area (Å²) >= 11 is 0. The molecule has 2 aromatic rings. The van der Waals surface area contributed by atoms with Gasteiger partial charge in [-0.1, -0.05) is 30.3 Å². The zero-order chi connectivity index (χ0) is 17.1. The molecule has 0 radical (unpaired) electrons. The summed E-state index contributed by atoms with van der Waals surface area (Å²) in [5.74, 6) is -0.991. The Balaban J connectivity index is 1.82. The monoisotopic (exact) mass is 321 g/mol. The molecule has 3 rings (SSSR count). The molecule has 118 valence electrons. The first-order valence-electron chi connectivity index (χ1n) is 7.16. The molecular formula is C18H12FN3O2. The summed E-state index contributed by atoms with van der Waals surface area (Å²) in [4.78, 5) is 25.3. The predicted molar refractivity (Wildman–Crippen MR) is 84.6 cm³/mol. The van der Waals surface area contributed by atoms with Crippen LogP contribution in [0.4, 0.5) is 9.18 Å². The number of carbonyl (C=O) groups excluding carboxylic acids is 2. The maximum Gasteiger partial charge on any atom is 0.329 e. The molecule has 0 aliphatic carbocycles. The zero-order valence-electron chi connectivity index (χ0n) is 12.5. The number of rotatable bonds is 3. The van der Waals surface area contributed by atoms with Crippen molar-refractivity contribution in [3.8, 4) is 6.07 Å². The van der Waals surface area contributed by atoms with Crippen molar-refractivity contribution in [2.45, 2.75) is 6.54 Å². The van der Waals surface area contributed by atoms with Gasteiger partial charge in [-0.2, -0.15) is 5.26 Å². The molecule has 1 aliphatic heterocycles. The third-order valence-corrected chi connectivity index (χ3v) is 3.60. The van der Waals surface area contributed by atoms with E-state index >= 15 is 0 Å². The Bertz CT molecular complexity index is 882. The molecule has 2 aromatic carbocycles. The summed E-state index contributed by atoms with van der Waals surface area (Å²) in [6, 6.07) is 14.0. The highest BCUT2D eigenvalue weighted by molar-refractivity contribution is 6.13. The quantitative estimate of drug-likeness (QED) is 0.698. The minimum absolute atomic E-state index is 0.112. The second-order valence-corrected chi connectivity index (χ2v) is 5.20. The predicted octanol–water partition coefficient (Wildman–Crippen LogP) is 2.79. The topological polar surface area (TPSA) is 73.2 Å². The Morgan fingerprint density at radius 2 is 1.83 bits per heavy atom. The number of benzene rings is 2. The van der Waals surface area contributed by atoms with Crippen molar-refractivity contribution in [1.82, 2.24) is 10.2 Å². The normalized spacial score (nSPS) is 15.5. The molecule has 24 heavy (non-hydrogen) atoms. The minimum Gasteiger partial charge on any atom is -0.303 e. The summed E-state index contributed by atoms with van der Waals surface area (Å²) in [6.45, 7) is -0.137. The zero-order valence-corrected chi connectivity index (χ0v) is 12.5. The van der Waals surface area contributed by atoms with Crippen LogP contribution in [-0.4, -0.2) is 16.8 Å². The Morgan fingerprint density at radius 1 is 1.12 bits per heavy atom. The maximum absolute atomic E-state index is 13.7. The summed E-state index contributed by atoms with van der Waals surface area (Å²) in [7, 11) is 0. The van der Waals surface area contributed by atoms with Crippen LogP contribution >= 0.6 is 0 Å². The first-order valence-corrected chi connectivity index (χ1v) is 7.16. The van der Waals surface area contributed by atoms with Crippen LogP contribution in [0.3, 0.4) is 0 Å². The van der Waals surface area contributed by atoms with Crippen molar-refractivity contribution in [3.63, 3.8) is 0 Å². The SMILES string of the molecule is N#Cc1ccc(/C=C2\NC(=O)N(Cc3ccccc3F)C2=O)cc1. The largest absolute Gasteiger partial charge is 0.329 e. The number of nitrogens with zero attached hydrogens (tertiary/aromatic N) is 2. The molecule has 0 atom stereocenters. The Labute approximate surface area is 137 Å². The van der Waals surface area contributed by atoms with E-state index in [9.17, 15) is 14.0 Å². The van der Waals surface area contributed by atoms with Gasteiger partial charge in [-0.3, -0.25) is 9.69 Å². The average molecular weight is 321 g/mol. The van der Waals surface area contributed by atoms with Crippen LogP contribution in [-0.2, 0) is 11.3 Å². The van der Waals surface area contributed by atoms with E-state index in [0.717, 1.165) is 4.90 Å². The summed E-state index contributed by atoms with van der Waals surface area (Å²) in [6.07, 6.45) is 1.52. The van der Waals surface area contributed by atoms with E-state index in [0.29, 0.717) is 11.1 Å². The van der Waals surface area contributed by atoms with Gasteiger partial charge in [0.2, 0.25) is 0 Å². The highest BCUT2D eigenvalue weighted by Gasteiger charge is 2.33. The van der Waals surface area contributed by atoms with Crippen LogP contribution in [0.1, 0.15) is 16.7 Å². The van der Waals surface area contributed by atoms with Crippen LogP contribution in [0.5, 0.6) is 0 Å². The van der Waals surface area contributed by atoms with Crippen LogP contribution < -0.4 is 5.32 Å². The number of urea groups is 1. The third kappa shape index (κ3) is 3.01. The van der Waals surface area contributed by atoms with Gasteiger partial charge in [-0.25, -0.2) is 9.18 Å². The van der Waals surface area contributed by atoms with Gasteiger partial charge in [0.15, 0.2) is 0 Å². The van der Waals surface area contributed by atoms with E-state index in [-0.39, 0.29) is 17.8 Å². The number of nitrogens with one attached hydrogen (secondary N) is 1. The molecule has 1 fully saturated rings. The second-order valence-electron chi connectivity index (χ2n) is 5.20. The lowest BCUT2D eigenvalue weighted by Crippen LogP contribution is -2.30. The fraction of sp³-hybridized carbons (Fsp3) is 0.0556. The molecule has 1 N–H and O–H groups in total. The van der Waals surface area contributed by atoms with Crippen molar-refractivity contribution in [2.24, 2.45) is 0 Å². The molecule has 5 nitrogen and oxygen atoms in total. The van der Waals surface area contributed by atoms with Gasteiger partial charge in [0, 0.05) is 5.56 Å². The number of hydrogen-bond donors (Lipinski definition) is 1. The third-order valence-electron chi connectivity index (χ3n) is 3.60. The fourth-order valence-electron chi connectivity index (χ4n) is 2.33. The molecule has 1 saturated heterocycles. The molecule has 1 heterocycles. The lowest BCUT2D eigenvalue weighted by molar-refractivity contribution is -0.123. The number of imide groups is 1. The summed E-state index contributed by atoms with van der Waals surface area (Å²) in [5.41, 5.74) is 1.55. The number of carbonyl (C=O) groups is 2. The van der Waals surface area contributed by atoms with E-state index < -0.39 is 17.8 Å².